The van der Waals surface area contributed by atoms with Crippen LogP contribution in [0.2, 0.25) is 0 Å². The molecular weight excluding hydrogens is 330 g/mol. The molecule has 0 atom stereocenters. The molecule has 0 aliphatic heterocycles. The topological polar surface area (TPSA) is 73.7 Å². The third-order valence-electron chi connectivity index (χ3n) is 3.63. The van der Waals surface area contributed by atoms with Crippen molar-refractivity contribution in [1.29, 1.82) is 0 Å². The predicted molar refractivity (Wildman–Crippen MR) is 90.6 cm³/mol. The fourth-order valence-corrected chi connectivity index (χ4v) is 4.19. The maximum absolute atomic E-state index is 13.2. The third-order valence-corrected chi connectivity index (χ3v) is 5.67. The van der Waals surface area contributed by atoms with Crippen LogP contribution in [0.25, 0.3) is 0 Å². The van der Waals surface area contributed by atoms with Crippen molar-refractivity contribution in [3.05, 3.63) is 36.2 Å². The Bertz CT molecular complexity index is 799. The zero-order valence-corrected chi connectivity index (χ0v) is 15.4. The molecule has 8 heteroatoms. The second-order valence-electron chi connectivity index (χ2n) is 5.68. The fraction of sp³-hybridized carbons (Fsp3) is 0.438. The van der Waals surface area contributed by atoms with Crippen molar-refractivity contribution in [3.63, 3.8) is 0 Å². The van der Waals surface area contributed by atoms with E-state index in [0.717, 1.165) is 5.56 Å². The van der Waals surface area contributed by atoms with Crippen molar-refractivity contribution in [2.24, 2.45) is 7.05 Å². The predicted octanol–water partition coefficient (Wildman–Crippen LogP) is 2.04. The first-order valence-corrected chi connectivity index (χ1v) is 8.95. The Kier molecular flexibility index (Phi) is 5.51. The minimum Gasteiger partial charge on any atom is -0.497 e. The summed E-state index contributed by atoms with van der Waals surface area (Å²) < 4.78 is 39.9. The molecule has 7 nitrogen and oxygen atoms in total. The molecule has 0 aliphatic rings. The maximum Gasteiger partial charge on any atom is 0.247 e. The van der Waals surface area contributed by atoms with E-state index in [9.17, 15) is 8.42 Å². The van der Waals surface area contributed by atoms with Gasteiger partial charge in [0.1, 0.15) is 16.4 Å². The Morgan fingerprint density at radius 1 is 1.25 bits per heavy atom. The lowest BCUT2D eigenvalue weighted by atomic mass is 10.3. The summed E-state index contributed by atoms with van der Waals surface area (Å²) in [7, 11) is 0.961. The second-order valence-corrected chi connectivity index (χ2v) is 7.54. The summed E-state index contributed by atoms with van der Waals surface area (Å²) in [5.74, 6) is 0.743. The summed E-state index contributed by atoms with van der Waals surface area (Å²) in [5.41, 5.74) is 0.816. The highest BCUT2D eigenvalue weighted by molar-refractivity contribution is 7.89. The Morgan fingerprint density at radius 2 is 1.96 bits per heavy atom. The first-order chi connectivity index (χ1) is 11.3. The number of nitrogens with zero attached hydrogens (tertiary/aromatic N) is 3. The number of benzene rings is 1. The molecular formula is C16H23N3O4S. The van der Waals surface area contributed by atoms with Crippen molar-refractivity contribution in [2.45, 2.75) is 31.3 Å². The van der Waals surface area contributed by atoms with Crippen molar-refractivity contribution in [3.8, 4) is 11.5 Å². The Labute approximate surface area is 142 Å². The van der Waals surface area contributed by atoms with Gasteiger partial charge in [-0.3, -0.25) is 4.68 Å². The van der Waals surface area contributed by atoms with E-state index >= 15 is 0 Å². The monoisotopic (exact) mass is 353 g/mol. The highest BCUT2D eigenvalue weighted by Gasteiger charge is 2.30. The minimum absolute atomic E-state index is 0.0851. The molecule has 0 radical (unpaired) electrons. The summed E-state index contributed by atoms with van der Waals surface area (Å²) in [4.78, 5) is 0.0851. The van der Waals surface area contributed by atoms with Crippen LogP contribution in [-0.4, -0.2) is 42.8 Å². The highest BCUT2D eigenvalue weighted by atomic mass is 32.2. The third kappa shape index (κ3) is 3.70. The summed E-state index contributed by atoms with van der Waals surface area (Å²) in [5, 5.41) is 4.10. The van der Waals surface area contributed by atoms with Crippen LogP contribution < -0.4 is 9.47 Å². The molecule has 0 aliphatic carbocycles. The molecule has 2 aromatic rings. The first kappa shape index (κ1) is 18.3. The van der Waals surface area contributed by atoms with Crippen LogP contribution in [0.4, 0.5) is 0 Å². The number of hydrogen-bond donors (Lipinski definition) is 0. The minimum atomic E-state index is -3.77. The molecule has 0 saturated heterocycles. The van der Waals surface area contributed by atoms with Gasteiger partial charge in [0, 0.05) is 37.5 Å². The average molecular weight is 353 g/mol. The molecule has 0 N–H and O–H groups in total. The normalized spacial score (nSPS) is 12.0. The number of aryl methyl sites for hydroxylation is 1. The molecule has 24 heavy (non-hydrogen) atoms. The molecule has 1 aromatic heterocycles. The van der Waals surface area contributed by atoms with Gasteiger partial charge in [0.2, 0.25) is 10.0 Å². The van der Waals surface area contributed by atoms with E-state index in [1.54, 1.807) is 36.3 Å². The number of ether oxygens (including phenoxy) is 2. The first-order valence-electron chi connectivity index (χ1n) is 7.51. The Balaban J connectivity index is 2.48. The van der Waals surface area contributed by atoms with Crippen LogP contribution in [0.3, 0.4) is 0 Å². The van der Waals surface area contributed by atoms with Gasteiger partial charge in [-0.1, -0.05) is 0 Å². The van der Waals surface area contributed by atoms with Crippen molar-refractivity contribution in [1.82, 2.24) is 14.1 Å². The summed E-state index contributed by atoms with van der Waals surface area (Å²) >= 11 is 0. The Morgan fingerprint density at radius 3 is 2.46 bits per heavy atom. The van der Waals surface area contributed by atoms with Crippen LogP contribution >= 0.6 is 0 Å². The molecule has 132 valence electrons. The number of rotatable bonds is 7. The van der Waals surface area contributed by atoms with Gasteiger partial charge in [-0.25, -0.2) is 8.42 Å². The van der Waals surface area contributed by atoms with E-state index < -0.39 is 10.0 Å². The van der Waals surface area contributed by atoms with Crippen LogP contribution in [0, 0.1) is 0 Å². The average Bonchev–Trinajstić information content (AvgIpc) is 2.96. The van der Waals surface area contributed by atoms with Gasteiger partial charge >= 0.3 is 0 Å². The molecule has 2 rings (SSSR count). The molecule has 0 amide bonds. The quantitative estimate of drug-likeness (QED) is 0.761. The summed E-state index contributed by atoms with van der Waals surface area (Å²) in [6.07, 6.45) is 3.46. The molecule has 0 unspecified atom stereocenters. The molecule has 0 spiro atoms. The van der Waals surface area contributed by atoms with Gasteiger partial charge < -0.3 is 9.47 Å². The second kappa shape index (κ2) is 7.23. The fourth-order valence-electron chi connectivity index (χ4n) is 2.39. The standard InChI is InChI=1S/C16H23N3O4S/c1-12(2)19(11-13-9-17-18(3)10-13)24(20,21)16-8-14(22-4)6-7-15(16)23-5/h6-10,12H,11H2,1-5H3. The zero-order valence-electron chi connectivity index (χ0n) is 14.6. The smallest absolute Gasteiger partial charge is 0.247 e. The van der Waals surface area contributed by atoms with E-state index in [-0.39, 0.29) is 23.2 Å². The lowest BCUT2D eigenvalue weighted by Crippen LogP contribution is -2.36. The van der Waals surface area contributed by atoms with E-state index in [1.807, 2.05) is 13.8 Å². The number of methoxy groups -OCH3 is 2. The largest absolute Gasteiger partial charge is 0.497 e. The van der Waals surface area contributed by atoms with Gasteiger partial charge in [0.25, 0.3) is 0 Å². The summed E-state index contributed by atoms with van der Waals surface area (Å²) in [6.45, 7) is 3.90. The molecule has 0 saturated carbocycles. The van der Waals surface area contributed by atoms with Crippen LogP contribution in [-0.2, 0) is 23.6 Å². The molecule has 1 heterocycles. The lowest BCUT2D eigenvalue weighted by Gasteiger charge is -2.26. The van der Waals surface area contributed by atoms with E-state index in [0.29, 0.717) is 5.75 Å². The van der Waals surface area contributed by atoms with Crippen molar-refractivity contribution in [2.75, 3.05) is 14.2 Å². The maximum atomic E-state index is 13.2. The lowest BCUT2D eigenvalue weighted by molar-refractivity contribution is 0.342. The summed E-state index contributed by atoms with van der Waals surface area (Å²) in [6, 6.07) is 4.51. The number of hydrogen-bond acceptors (Lipinski definition) is 5. The highest BCUT2D eigenvalue weighted by Crippen LogP contribution is 2.32. The van der Waals surface area contributed by atoms with Crippen molar-refractivity contribution >= 4 is 10.0 Å². The number of sulfonamides is 1. The number of aromatic nitrogens is 2. The molecule has 1 aromatic carbocycles. The zero-order chi connectivity index (χ0) is 17.9. The van der Waals surface area contributed by atoms with E-state index in [2.05, 4.69) is 5.10 Å². The van der Waals surface area contributed by atoms with Crippen LogP contribution in [0.5, 0.6) is 11.5 Å². The van der Waals surface area contributed by atoms with E-state index in [1.165, 1.54) is 24.6 Å². The van der Waals surface area contributed by atoms with Gasteiger partial charge in [-0.05, 0) is 26.0 Å². The molecule has 0 fully saturated rings. The van der Waals surface area contributed by atoms with Gasteiger partial charge in [-0.2, -0.15) is 9.40 Å². The van der Waals surface area contributed by atoms with Crippen LogP contribution in [0.1, 0.15) is 19.4 Å². The van der Waals surface area contributed by atoms with Crippen molar-refractivity contribution < 1.29 is 17.9 Å². The van der Waals surface area contributed by atoms with Gasteiger partial charge in [0.15, 0.2) is 0 Å². The van der Waals surface area contributed by atoms with Crippen LogP contribution in [0.15, 0.2) is 35.5 Å². The Hall–Kier alpha value is -2.06. The van der Waals surface area contributed by atoms with E-state index in [4.69, 9.17) is 9.47 Å². The van der Waals surface area contributed by atoms with Gasteiger partial charge in [-0.15, -0.1) is 0 Å². The van der Waals surface area contributed by atoms with Gasteiger partial charge in [0.05, 0.1) is 20.4 Å². The SMILES string of the molecule is COc1ccc(OC)c(S(=O)(=O)N(Cc2cnn(C)c2)C(C)C)c1. The molecule has 0 bridgehead atoms.